The summed E-state index contributed by atoms with van der Waals surface area (Å²) in [5.74, 6) is 0. The van der Waals surface area contributed by atoms with Gasteiger partial charge in [0.1, 0.15) is 5.01 Å². The zero-order valence-electron chi connectivity index (χ0n) is 10.5. The number of aryl methyl sites for hydroxylation is 1. The monoisotopic (exact) mass is 250 g/mol. The molecule has 2 aromatic heterocycles. The molecular formula is C12H18N4S. The normalized spacial score (nSPS) is 11.3. The van der Waals surface area contributed by atoms with Gasteiger partial charge in [0.2, 0.25) is 0 Å². The predicted molar refractivity (Wildman–Crippen MR) is 71.0 cm³/mol. The van der Waals surface area contributed by atoms with Crippen molar-refractivity contribution in [2.45, 2.75) is 39.9 Å². The smallest absolute Gasteiger partial charge is 0.126 e. The van der Waals surface area contributed by atoms with Crippen LogP contribution in [0.2, 0.25) is 0 Å². The summed E-state index contributed by atoms with van der Waals surface area (Å²) in [4.78, 5) is 5.70. The minimum atomic E-state index is 0.503. The molecule has 17 heavy (non-hydrogen) atoms. The molecule has 2 heterocycles. The summed E-state index contributed by atoms with van der Waals surface area (Å²) in [5, 5.41) is 8.70. The summed E-state index contributed by atoms with van der Waals surface area (Å²) >= 11 is 1.72. The van der Waals surface area contributed by atoms with Crippen molar-refractivity contribution in [3.05, 3.63) is 23.5 Å². The molecule has 0 saturated carbocycles. The standard InChI is InChI=1S/C12H18N4S/c1-4-16-8-10(5-15-16)12-14-7-11(17-12)6-13-9(2)3/h5,7-9,13H,4,6H2,1-3H3. The number of rotatable bonds is 5. The van der Waals surface area contributed by atoms with Gasteiger partial charge in [-0.2, -0.15) is 5.10 Å². The van der Waals surface area contributed by atoms with Crippen LogP contribution in [0, 0.1) is 0 Å². The zero-order chi connectivity index (χ0) is 12.3. The summed E-state index contributed by atoms with van der Waals surface area (Å²) in [5.41, 5.74) is 1.10. The minimum absolute atomic E-state index is 0.503. The van der Waals surface area contributed by atoms with E-state index in [0.29, 0.717) is 6.04 Å². The molecule has 0 fully saturated rings. The van der Waals surface area contributed by atoms with Crippen LogP contribution in [0.3, 0.4) is 0 Å². The number of hydrogen-bond donors (Lipinski definition) is 1. The Morgan fingerprint density at radius 1 is 1.41 bits per heavy atom. The van der Waals surface area contributed by atoms with Gasteiger partial charge in [-0.1, -0.05) is 13.8 Å². The molecule has 4 nitrogen and oxygen atoms in total. The molecule has 0 spiro atoms. The third-order valence-corrected chi connectivity index (χ3v) is 3.49. The van der Waals surface area contributed by atoms with Crippen LogP contribution in [0.5, 0.6) is 0 Å². The van der Waals surface area contributed by atoms with Crippen LogP contribution in [-0.4, -0.2) is 20.8 Å². The lowest BCUT2D eigenvalue weighted by atomic mass is 10.4. The van der Waals surface area contributed by atoms with Gasteiger partial charge in [-0.15, -0.1) is 11.3 Å². The molecule has 0 unspecified atom stereocenters. The van der Waals surface area contributed by atoms with Crippen LogP contribution in [0.1, 0.15) is 25.6 Å². The van der Waals surface area contributed by atoms with Crippen molar-refractivity contribution in [1.29, 1.82) is 0 Å². The summed E-state index contributed by atoms with van der Waals surface area (Å²) in [7, 11) is 0. The first-order valence-corrected chi connectivity index (χ1v) is 6.71. The SMILES string of the molecule is CCn1cc(-c2ncc(CNC(C)C)s2)cn1. The van der Waals surface area contributed by atoms with Crippen molar-refractivity contribution in [3.63, 3.8) is 0 Å². The lowest BCUT2D eigenvalue weighted by Gasteiger charge is -2.04. The van der Waals surface area contributed by atoms with Gasteiger partial charge in [0.05, 0.1) is 6.20 Å². The van der Waals surface area contributed by atoms with E-state index in [2.05, 4.69) is 36.2 Å². The van der Waals surface area contributed by atoms with E-state index in [0.717, 1.165) is 23.7 Å². The molecule has 2 aromatic rings. The molecule has 0 radical (unpaired) electrons. The second-order valence-corrected chi connectivity index (χ2v) is 5.37. The number of hydrogen-bond acceptors (Lipinski definition) is 4. The van der Waals surface area contributed by atoms with Crippen LogP contribution >= 0.6 is 11.3 Å². The number of thiazole rings is 1. The Hall–Kier alpha value is -1.20. The van der Waals surface area contributed by atoms with Gasteiger partial charge in [0.15, 0.2) is 0 Å². The second-order valence-electron chi connectivity index (χ2n) is 4.25. The highest BCUT2D eigenvalue weighted by Crippen LogP contribution is 2.24. The molecule has 0 aliphatic carbocycles. The van der Waals surface area contributed by atoms with Gasteiger partial charge in [0, 0.05) is 42.0 Å². The average molecular weight is 250 g/mol. The van der Waals surface area contributed by atoms with Crippen LogP contribution in [-0.2, 0) is 13.1 Å². The molecule has 0 aromatic carbocycles. The van der Waals surface area contributed by atoms with Gasteiger partial charge in [-0.05, 0) is 6.92 Å². The van der Waals surface area contributed by atoms with Crippen LogP contribution in [0.25, 0.3) is 10.6 Å². The highest BCUT2D eigenvalue weighted by molar-refractivity contribution is 7.15. The molecule has 0 aliphatic rings. The Balaban J connectivity index is 2.07. The predicted octanol–water partition coefficient (Wildman–Crippen LogP) is 2.52. The third kappa shape index (κ3) is 3.14. The first-order valence-electron chi connectivity index (χ1n) is 5.90. The van der Waals surface area contributed by atoms with Crippen molar-refractivity contribution >= 4 is 11.3 Å². The quantitative estimate of drug-likeness (QED) is 0.886. The topological polar surface area (TPSA) is 42.7 Å². The number of nitrogens with one attached hydrogen (secondary N) is 1. The first kappa shape index (κ1) is 12.3. The van der Waals surface area contributed by atoms with Gasteiger partial charge in [-0.3, -0.25) is 4.68 Å². The van der Waals surface area contributed by atoms with Gasteiger partial charge < -0.3 is 5.32 Å². The fourth-order valence-electron chi connectivity index (χ4n) is 1.47. The number of aromatic nitrogens is 3. The lowest BCUT2D eigenvalue weighted by Crippen LogP contribution is -2.21. The Morgan fingerprint density at radius 2 is 2.24 bits per heavy atom. The van der Waals surface area contributed by atoms with Crippen molar-refractivity contribution < 1.29 is 0 Å². The maximum absolute atomic E-state index is 4.44. The molecule has 0 amide bonds. The fourth-order valence-corrected chi connectivity index (χ4v) is 2.31. The van der Waals surface area contributed by atoms with E-state index in [-0.39, 0.29) is 0 Å². The van der Waals surface area contributed by atoms with Crippen molar-refractivity contribution in [2.24, 2.45) is 0 Å². The Morgan fingerprint density at radius 3 is 2.88 bits per heavy atom. The summed E-state index contributed by atoms with van der Waals surface area (Å²) in [6.45, 7) is 8.15. The second kappa shape index (κ2) is 5.42. The van der Waals surface area contributed by atoms with Gasteiger partial charge >= 0.3 is 0 Å². The molecule has 2 rings (SSSR count). The molecule has 92 valence electrons. The van der Waals surface area contributed by atoms with Crippen LogP contribution in [0.4, 0.5) is 0 Å². The lowest BCUT2D eigenvalue weighted by molar-refractivity contribution is 0.593. The Kier molecular flexibility index (Phi) is 3.91. The molecule has 5 heteroatoms. The van der Waals surface area contributed by atoms with Crippen LogP contribution in [0.15, 0.2) is 18.6 Å². The van der Waals surface area contributed by atoms with E-state index in [1.54, 1.807) is 11.3 Å². The summed E-state index contributed by atoms with van der Waals surface area (Å²) < 4.78 is 1.92. The van der Waals surface area contributed by atoms with Crippen molar-refractivity contribution in [2.75, 3.05) is 0 Å². The molecule has 0 saturated heterocycles. The van der Waals surface area contributed by atoms with E-state index >= 15 is 0 Å². The minimum Gasteiger partial charge on any atom is -0.310 e. The Bertz CT molecular complexity index is 472. The van der Waals surface area contributed by atoms with Crippen LogP contribution < -0.4 is 5.32 Å². The molecule has 1 N–H and O–H groups in total. The third-order valence-electron chi connectivity index (χ3n) is 2.44. The molecular weight excluding hydrogens is 232 g/mol. The van der Waals surface area contributed by atoms with E-state index in [1.165, 1.54) is 4.88 Å². The fraction of sp³-hybridized carbons (Fsp3) is 0.500. The maximum Gasteiger partial charge on any atom is 0.126 e. The van der Waals surface area contributed by atoms with E-state index in [1.807, 2.05) is 23.3 Å². The zero-order valence-corrected chi connectivity index (χ0v) is 11.3. The Labute approximate surface area is 106 Å². The molecule has 0 aliphatic heterocycles. The van der Waals surface area contributed by atoms with Crippen molar-refractivity contribution in [1.82, 2.24) is 20.1 Å². The highest BCUT2D eigenvalue weighted by atomic mass is 32.1. The van der Waals surface area contributed by atoms with E-state index < -0.39 is 0 Å². The maximum atomic E-state index is 4.44. The molecule has 0 bridgehead atoms. The number of nitrogens with zero attached hydrogens (tertiary/aromatic N) is 3. The van der Waals surface area contributed by atoms with E-state index in [9.17, 15) is 0 Å². The molecule has 0 atom stereocenters. The average Bonchev–Trinajstić information content (AvgIpc) is 2.94. The largest absolute Gasteiger partial charge is 0.310 e. The highest BCUT2D eigenvalue weighted by Gasteiger charge is 2.07. The van der Waals surface area contributed by atoms with Gasteiger partial charge in [-0.25, -0.2) is 4.98 Å². The summed E-state index contributed by atoms with van der Waals surface area (Å²) in [6.07, 6.45) is 5.86. The van der Waals surface area contributed by atoms with Crippen molar-refractivity contribution in [3.8, 4) is 10.6 Å². The summed E-state index contributed by atoms with van der Waals surface area (Å²) in [6, 6.07) is 0.503. The first-order chi connectivity index (χ1) is 8.19. The van der Waals surface area contributed by atoms with E-state index in [4.69, 9.17) is 0 Å². The van der Waals surface area contributed by atoms with Gasteiger partial charge in [0.25, 0.3) is 0 Å².